The molecule has 0 N–H and O–H groups in total. The summed E-state index contributed by atoms with van der Waals surface area (Å²) in [4.78, 5) is 11.4. The van der Waals surface area contributed by atoms with Crippen molar-refractivity contribution >= 4 is 37.7 Å². The molecule has 5 heteroatoms. The van der Waals surface area contributed by atoms with E-state index in [2.05, 4.69) is 45.9 Å². The zero-order valence-electron chi connectivity index (χ0n) is 15.9. The quantitative estimate of drug-likeness (QED) is 0.112. The molecule has 0 bridgehead atoms. The summed E-state index contributed by atoms with van der Waals surface area (Å²) in [6.45, 7) is 0. The van der Waals surface area contributed by atoms with E-state index in [1.165, 1.54) is 11.8 Å². The SMILES string of the molecule is O=C1CCc2ccc(Br)cc2[C]1=[Rh].[CH3-].[O-]/[N+](=C\c1ccccc1)c1[c-]cccc1. The van der Waals surface area contributed by atoms with Gasteiger partial charge in [-0.1, -0.05) is 24.3 Å². The molecule has 0 aliphatic heterocycles. The topological polar surface area (TPSA) is 43.1 Å². The van der Waals surface area contributed by atoms with Gasteiger partial charge in [0.2, 0.25) is 0 Å². The van der Waals surface area contributed by atoms with E-state index >= 15 is 0 Å². The first kappa shape index (κ1) is 23.1. The van der Waals surface area contributed by atoms with Gasteiger partial charge < -0.3 is 12.6 Å². The van der Waals surface area contributed by atoms with Gasteiger partial charge in [-0.25, -0.2) is 0 Å². The van der Waals surface area contributed by atoms with E-state index in [4.69, 9.17) is 0 Å². The van der Waals surface area contributed by atoms with E-state index in [1.54, 1.807) is 12.1 Å². The van der Waals surface area contributed by atoms with Gasteiger partial charge in [-0.3, -0.25) is 0 Å². The van der Waals surface area contributed by atoms with Gasteiger partial charge in [-0.15, -0.1) is 6.07 Å². The zero-order valence-corrected chi connectivity index (χ0v) is 19.1. The number of Topliss-reactive ketones (excluding diaryl/α,β-unsaturated/α-hetero) is 1. The standard InChI is InChI=1S/C13H10NO.C10H7BrO.CH3.Rh/c15-14(13-9-5-2-6-10-13)11-12-7-3-1-4-8-12;11-9-3-1-7-2-4-10(12)6-8(7)5-9;;/h1-9,11H;1,3,5H,2,4H2;1H3;/q-1;;-1;/b14-11-;;;. The Morgan fingerprint density at radius 1 is 1.03 bits per heavy atom. The van der Waals surface area contributed by atoms with Crippen molar-refractivity contribution in [2.24, 2.45) is 0 Å². The minimum Gasteiger partial charge on any atom is -0.620 e. The van der Waals surface area contributed by atoms with Crippen molar-refractivity contribution in [3.63, 3.8) is 0 Å². The molecule has 1 aliphatic rings. The van der Waals surface area contributed by atoms with Crippen molar-refractivity contribution in [1.82, 2.24) is 0 Å². The Morgan fingerprint density at radius 2 is 1.76 bits per heavy atom. The van der Waals surface area contributed by atoms with Crippen LogP contribution in [0.3, 0.4) is 0 Å². The second-order valence-corrected chi connectivity index (χ2v) is 7.86. The molecule has 3 aromatic rings. The van der Waals surface area contributed by atoms with Gasteiger partial charge in [0.05, 0.1) is 0 Å². The number of fused-ring (bicyclic) bond motifs is 1. The Kier molecular flexibility index (Phi) is 8.81. The summed E-state index contributed by atoms with van der Waals surface area (Å²) in [5.41, 5.74) is 3.73. The summed E-state index contributed by atoms with van der Waals surface area (Å²) in [7, 11) is 0. The van der Waals surface area contributed by atoms with E-state index in [9.17, 15) is 10.0 Å². The van der Waals surface area contributed by atoms with Crippen LogP contribution < -0.4 is 0 Å². The fourth-order valence-electron chi connectivity index (χ4n) is 2.73. The van der Waals surface area contributed by atoms with Crippen LogP contribution in [-0.4, -0.2) is 20.8 Å². The number of carbonyl (C=O) groups is 1. The maximum Gasteiger partial charge on any atom is 0.186 e. The van der Waals surface area contributed by atoms with E-state index in [1.807, 2.05) is 54.6 Å². The molecule has 0 saturated carbocycles. The number of halogens is 1. The third-order valence-corrected chi connectivity index (χ3v) is 5.54. The molecule has 4 rings (SSSR count). The summed E-state index contributed by atoms with van der Waals surface area (Å²) < 4.78 is 2.63. The van der Waals surface area contributed by atoms with Gasteiger partial charge in [0.25, 0.3) is 0 Å². The molecule has 0 saturated heterocycles. The van der Waals surface area contributed by atoms with Gasteiger partial charge in [0.1, 0.15) is 5.69 Å². The van der Waals surface area contributed by atoms with Crippen molar-refractivity contribution in [2.45, 2.75) is 12.8 Å². The Bertz CT molecular complexity index is 1020. The van der Waals surface area contributed by atoms with Crippen LogP contribution in [0.1, 0.15) is 23.1 Å². The number of para-hydroxylation sites is 1. The average Bonchev–Trinajstić information content (AvgIpc) is 2.73. The first-order valence-electron chi connectivity index (χ1n) is 8.70. The predicted octanol–water partition coefficient (Wildman–Crippen LogP) is 5.23. The van der Waals surface area contributed by atoms with E-state index < -0.39 is 0 Å². The number of nitrogens with zero attached hydrogens (tertiary/aromatic N) is 1. The fraction of sp³-hybridized carbons (Fsp3) is 0.0833. The predicted molar refractivity (Wildman–Crippen MR) is 118 cm³/mol. The number of carbonyl (C=O) groups excluding carboxylic acids is 1. The van der Waals surface area contributed by atoms with E-state index in [0.717, 1.165) is 30.9 Å². The van der Waals surface area contributed by atoms with Gasteiger partial charge >= 0.3 is 95.1 Å². The molecule has 151 valence electrons. The zero-order chi connectivity index (χ0) is 19.9. The molecule has 0 unspecified atom stereocenters. The van der Waals surface area contributed by atoms with Gasteiger partial charge in [-0.2, -0.15) is 22.9 Å². The minimum absolute atomic E-state index is 0. The summed E-state index contributed by atoms with van der Waals surface area (Å²) in [5.74, 6) is 0.234. The Morgan fingerprint density at radius 3 is 2.45 bits per heavy atom. The monoisotopic (exact) mass is 536 g/mol. The van der Waals surface area contributed by atoms with Crippen LogP contribution in [0.25, 0.3) is 0 Å². The third kappa shape index (κ3) is 6.38. The van der Waals surface area contributed by atoms with Crippen LogP contribution in [0.15, 0.2) is 77.3 Å². The molecule has 3 aromatic carbocycles. The fourth-order valence-corrected chi connectivity index (χ4v) is 3.68. The van der Waals surface area contributed by atoms with E-state index in [0.29, 0.717) is 12.1 Å². The molecule has 0 radical (unpaired) electrons. The third-order valence-electron chi connectivity index (χ3n) is 4.15. The Hall–Kier alpha value is -2.23. The number of rotatable bonds is 2. The van der Waals surface area contributed by atoms with Crippen LogP contribution in [0.2, 0.25) is 0 Å². The van der Waals surface area contributed by atoms with E-state index in [-0.39, 0.29) is 13.2 Å². The minimum atomic E-state index is 0. The first-order chi connectivity index (χ1) is 13.5. The van der Waals surface area contributed by atoms with Crippen molar-refractivity contribution in [2.75, 3.05) is 0 Å². The number of aryl methyl sites for hydroxylation is 1. The van der Waals surface area contributed by atoms with Crippen molar-refractivity contribution in [3.05, 3.63) is 113 Å². The Balaban J connectivity index is 0.000000202. The van der Waals surface area contributed by atoms with Crippen LogP contribution in [-0.2, 0) is 29.1 Å². The number of hydrogen-bond donors (Lipinski definition) is 0. The van der Waals surface area contributed by atoms with Crippen LogP contribution >= 0.6 is 15.9 Å². The normalized spacial score (nSPS) is 13.0. The summed E-state index contributed by atoms with van der Waals surface area (Å²) >= 11 is 6.15. The average molecular weight is 537 g/mol. The Labute approximate surface area is 190 Å². The van der Waals surface area contributed by atoms with Gasteiger partial charge in [-0.05, 0) is 12.1 Å². The molecule has 0 atom stereocenters. The molecule has 1 aliphatic carbocycles. The smallest absolute Gasteiger partial charge is 0.186 e. The summed E-state index contributed by atoms with van der Waals surface area (Å²) in [5, 5.41) is 11.6. The van der Waals surface area contributed by atoms with Crippen molar-refractivity contribution in [3.8, 4) is 0 Å². The second kappa shape index (κ2) is 11.1. The van der Waals surface area contributed by atoms with Crippen LogP contribution in [0.5, 0.6) is 0 Å². The van der Waals surface area contributed by atoms with Crippen LogP contribution in [0.4, 0.5) is 5.69 Å². The molecule has 0 aromatic heterocycles. The molecular formula is C24H20BrNO2Rh-2. The number of hydrogen-bond acceptors (Lipinski definition) is 2. The second-order valence-electron chi connectivity index (χ2n) is 6.13. The molecule has 0 spiro atoms. The van der Waals surface area contributed by atoms with Gasteiger partial charge in [0, 0.05) is 5.56 Å². The van der Waals surface area contributed by atoms with Gasteiger partial charge in [0.15, 0.2) is 6.21 Å². The molecular weight excluding hydrogens is 517 g/mol. The molecule has 0 heterocycles. The summed E-state index contributed by atoms with van der Waals surface area (Å²) in [6, 6.07) is 25.5. The molecule has 0 amide bonds. The maximum absolute atomic E-state index is 11.6. The largest absolute Gasteiger partial charge is 0.620 e. The molecule has 29 heavy (non-hydrogen) atoms. The summed E-state index contributed by atoms with van der Waals surface area (Å²) in [6.07, 6.45) is 3.04. The van der Waals surface area contributed by atoms with Crippen molar-refractivity contribution < 1.29 is 27.4 Å². The van der Waals surface area contributed by atoms with Crippen molar-refractivity contribution in [1.29, 1.82) is 0 Å². The number of ketones is 1. The van der Waals surface area contributed by atoms with Crippen LogP contribution in [0, 0.1) is 18.7 Å². The number of benzene rings is 3. The molecule has 0 fully saturated rings. The molecule has 3 nitrogen and oxygen atoms in total. The maximum atomic E-state index is 11.6. The first-order valence-corrected chi connectivity index (χ1v) is 10.3.